The summed E-state index contributed by atoms with van der Waals surface area (Å²) in [5.74, 6) is 0.0596. The van der Waals surface area contributed by atoms with E-state index in [0.29, 0.717) is 17.0 Å². The predicted octanol–water partition coefficient (Wildman–Crippen LogP) is 3.26. The minimum atomic E-state index is -0.291. The number of amides is 1. The lowest BCUT2D eigenvalue weighted by molar-refractivity contribution is 0.0740. The number of rotatable bonds is 3. The third kappa shape index (κ3) is 2.57. The summed E-state index contributed by atoms with van der Waals surface area (Å²) >= 11 is 0. The monoisotopic (exact) mass is 276 g/mol. The van der Waals surface area contributed by atoms with Gasteiger partial charge >= 0.3 is 0 Å². The van der Waals surface area contributed by atoms with Crippen molar-refractivity contribution in [2.45, 2.75) is 26.8 Å². The second-order valence-corrected chi connectivity index (χ2v) is 4.84. The highest BCUT2D eigenvalue weighted by Crippen LogP contribution is 2.23. The molecule has 0 saturated carbocycles. The van der Waals surface area contributed by atoms with E-state index in [4.69, 9.17) is 4.52 Å². The van der Waals surface area contributed by atoms with Gasteiger partial charge in [-0.25, -0.2) is 4.39 Å². The van der Waals surface area contributed by atoms with Crippen LogP contribution in [0.25, 0.3) is 0 Å². The van der Waals surface area contributed by atoms with Crippen LogP contribution in [-0.2, 0) is 0 Å². The highest BCUT2D eigenvalue weighted by molar-refractivity contribution is 5.96. The van der Waals surface area contributed by atoms with E-state index in [1.807, 2.05) is 6.92 Å². The maximum Gasteiger partial charge on any atom is 0.259 e. The zero-order chi connectivity index (χ0) is 14.9. The number of aryl methyl sites for hydroxylation is 2. The molecule has 1 aromatic heterocycles. The van der Waals surface area contributed by atoms with Crippen molar-refractivity contribution >= 4 is 5.91 Å². The standard InChI is InChI=1S/C15H17FN2O2/c1-9-14(11(3)20-17-9)15(19)18(4)10(2)12-5-7-13(16)8-6-12/h5-8,10H,1-4H3. The van der Waals surface area contributed by atoms with Crippen molar-refractivity contribution < 1.29 is 13.7 Å². The molecule has 0 radical (unpaired) electrons. The number of benzene rings is 1. The number of hydrogen-bond acceptors (Lipinski definition) is 3. The van der Waals surface area contributed by atoms with Crippen molar-refractivity contribution in [1.29, 1.82) is 0 Å². The molecule has 1 heterocycles. The van der Waals surface area contributed by atoms with E-state index in [2.05, 4.69) is 5.16 Å². The van der Waals surface area contributed by atoms with Crippen LogP contribution in [0.4, 0.5) is 4.39 Å². The average Bonchev–Trinajstić information content (AvgIpc) is 2.76. The zero-order valence-electron chi connectivity index (χ0n) is 12.0. The molecule has 0 aliphatic rings. The highest BCUT2D eigenvalue weighted by Gasteiger charge is 2.24. The summed E-state index contributed by atoms with van der Waals surface area (Å²) in [6.45, 7) is 5.34. The quantitative estimate of drug-likeness (QED) is 0.864. The van der Waals surface area contributed by atoms with Gasteiger partial charge in [0.15, 0.2) is 0 Å². The largest absolute Gasteiger partial charge is 0.361 e. The molecule has 0 bridgehead atoms. The molecule has 1 amide bonds. The van der Waals surface area contributed by atoms with Crippen molar-refractivity contribution in [2.24, 2.45) is 0 Å². The fourth-order valence-corrected chi connectivity index (χ4v) is 2.11. The van der Waals surface area contributed by atoms with E-state index < -0.39 is 0 Å². The Morgan fingerprint density at radius 2 is 1.90 bits per heavy atom. The van der Waals surface area contributed by atoms with Gasteiger partial charge in [-0.1, -0.05) is 17.3 Å². The minimum Gasteiger partial charge on any atom is -0.361 e. The van der Waals surface area contributed by atoms with Crippen LogP contribution >= 0.6 is 0 Å². The van der Waals surface area contributed by atoms with Gasteiger partial charge in [-0.15, -0.1) is 0 Å². The molecule has 0 fully saturated rings. The lowest BCUT2D eigenvalue weighted by atomic mass is 10.1. The molecule has 0 spiro atoms. The van der Waals surface area contributed by atoms with Crippen LogP contribution < -0.4 is 0 Å². The second kappa shape index (κ2) is 5.45. The molecule has 5 heteroatoms. The number of halogens is 1. The first kappa shape index (κ1) is 14.2. The Labute approximate surface area is 117 Å². The van der Waals surface area contributed by atoms with Crippen LogP contribution in [0.2, 0.25) is 0 Å². The molecule has 0 aliphatic heterocycles. The Kier molecular flexibility index (Phi) is 3.88. The number of carbonyl (C=O) groups is 1. The van der Waals surface area contributed by atoms with Crippen LogP contribution in [0.3, 0.4) is 0 Å². The smallest absolute Gasteiger partial charge is 0.259 e. The summed E-state index contributed by atoms with van der Waals surface area (Å²) in [6, 6.07) is 5.96. The van der Waals surface area contributed by atoms with E-state index in [0.717, 1.165) is 5.56 Å². The summed E-state index contributed by atoms with van der Waals surface area (Å²) in [4.78, 5) is 14.1. The molecule has 0 saturated heterocycles. The molecule has 1 aromatic carbocycles. The summed E-state index contributed by atoms with van der Waals surface area (Å²) < 4.78 is 18.0. The highest BCUT2D eigenvalue weighted by atomic mass is 19.1. The Morgan fingerprint density at radius 3 is 2.40 bits per heavy atom. The molecule has 1 unspecified atom stereocenters. The number of nitrogens with zero attached hydrogens (tertiary/aromatic N) is 2. The summed E-state index contributed by atoms with van der Waals surface area (Å²) in [5.41, 5.74) is 1.93. The molecule has 4 nitrogen and oxygen atoms in total. The molecular formula is C15H17FN2O2. The topological polar surface area (TPSA) is 46.3 Å². The van der Waals surface area contributed by atoms with Gasteiger partial charge in [0.1, 0.15) is 17.1 Å². The fraction of sp³-hybridized carbons (Fsp3) is 0.333. The van der Waals surface area contributed by atoms with Crippen molar-refractivity contribution in [3.8, 4) is 0 Å². The Balaban J connectivity index is 2.24. The summed E-state index contributed by atoms with van der Waals surface area (Å²) in [7, 11) is 1.71. The van der Waals surface area contributed by atoms with Crippen molar-refractivity contribution in [2.75, 3.05) is 7.05 Å². The first-order valence-corrected chi connectivity index (χ1v) is 6.37. The van der Waals surface area contributed by atoms with Crippen LogP contribution in [-0.4, -0.2) is 23.0 Å². The van der Waals surface area contributed by atoms with Gasteiger partial charge in [0.05, 0.1) is 11.7 Å². The van der Waals surface area contributed by atoms with Crippen LogP contribution in [0.15, 0.2) is 28.8 Å². The Bertz CT molecular complexity index is 600. The van der Waals surface area contributed by atoms with Crippen molar-refractivity contribution in [3.05, 3.63) is 52.7 Å². The molecule has 2 rings (SSSR count). The molecule has 106 valence electrons. The van der Waals surface area contributed by atoms with Crippen LogP contribution in [0.1, 0.15) is 40.3 Å². The lowest BCUT2D eigenvalue weighted by Crippen LogP contribution is -2.30. The third-order valence-electron chi connectivity index (χ3n) is 3.50. The number of aromatic nitrogens is 1. The molecule has 0 N–H and O–H groups in total. The SMILES string of the molecule is Cc1noc(C)c1C(=O)N(C)C(C)c1ccc(F)cc1. The zero-order valence-corrected chi connectivity index (χ0v) is 12.0. The Hall–Kier alpha value is -2.17. The second-order valence-electron chi connectivity index (χ2n) is 4.84. The van der Waals surface area contributed by atoms with E-state index in [1.54, 1.807) is 37.9 Å². The maximum absolute atomic E-state index is 12.9. The van der Waals surface area contributed by atoms with Gasteiger partial charge < -0.3 is 9.42 Å². The lowest BCUT2D eigenvalue weighted by Gasteiger charge is -2.25. The van der Waals surface area contributed by atoms with E-state index in [9.17, 15) is 9.18 Å². The normalized spacial score (nSPS) is 12.2. The number of carbonyl (C=O) groups excluding carboxylic acids is 1. The number of hydrogen-bond donors (Lipinski definition) is 0. The van der Waals surface area contributed by atoms with E-state index in [1.165, 1.54) is 12.1 Å². The van der Waals surface area contributed by atoms with Gasteiger partial charge in [-0.05, 0) is 38.5 Å². The Morgan fingerprint density at radius 1 is 1.30 bits per heavy atom. The molecule has 20 heavy (non-hydrogen) atoms. The third-order valence-corrected chi connectivity index (χ3v) is 3.50. The van der Waals surface area contributed by atoms with Crippen molar-refractivity contribution in [3.63, 3.8) is 0 Å². The average molecular weight is 276 g/mol. The van der Waals surface area contributed by atoms with Gasteiger partial charge in [-0.3, -0.25) is 4.79 Å². The van der Waals surface area contributed by atoms with Crippen molar-refractivity contribution in [1.82, 2.24) is 10.1 Å². The molecule has 2 aromatic rings. The summed E-state index contributed by atoms with van der Waals surface area (Å²) in [5, 5.41) is 3.79. The first-order chi connectivity index (χ1) is 9.41. The van der Waals surface area contributed by atoms with Gasteiger partial charge in [0.2, 0.25) is 0 Å². The van der Waals surface area contributed by atoms with Gasteiger partial charge in [-0.2, -0.15) is 0 Å². The van der Waals surface area contributed by atoms with Crippen LogP contribution in [0.5, 0.6) is 0 Å². The first-order valence-electron chi connectivity index (χ1n) is 6.37. The maximum atomic E-state index is 12.9. The van der Waals surface area contributed by atoms with E-state index >= 15 is 0 Å². The van der Waals surface area contributed by atoms with Gasteiger partial charge in [0.25, 0.3) is 5.91 Å². The molecular weight excluding hydrogens is 259 g/mol. The fourth-order valence-electron chi connectivity index (χ4n) is 2.11. The van der Waals surface area contributed by atoms with E-state index in [-0.39, 0.29) is 17.8 Å². The minimum absolute atomic E-state index is 0.155. The predicted molar refractivity (Wildman–Crippen MR) is 72.9 cm³/mol. The van der Waals surface area contributed by atoms with Crippen LogP contribution in [0, 0.1) is 19.7 Å². The summed E-state index contributed by atoms with van der Waals surface area (Å²) in [6.07, 6.45) is 0. The molecule has 1 atom stereocenters. The van der Waals surface area contributed by atoms with Gasteiger partial charge in [0, 0.05) is 7.05 Å². The molecule has 0 aliphatic carbocycles.